The summed E-state index contributed by atoms with van der Waals surface area (Å²) in [6.45, 7) is 0.436. The molecule has 0 saturated heterocycles. The highest BCUT2D eigenvalue weighted by atomic mass is 32.2. The Morgan fingerprint density at radius 1 is 1.25 bits per heavy atom. The lowest BCUT2D eigenvalue weighted by atomic mass is 10.1. The first kappa shape index (κ1) is 18.2. The van der Waals surface area contributed by atoms with Gasteiger partial charge in [0.2, 0.25) is 0 Å². The van der Waals surface area contributed by atoms with Crippen LogP contribution in [-0.4, -0.2) is 16.5 Å². The average molecular weight is 357 g/mol. The molecule has 1 aromatic heterocycles. The molecule has 0 saturated carbocycles. The minimum atomic E-state index is -4.43. The van der Waals surface area contributed by atoms with Gasteiger partial charge < -0.3 is 5.73 Å². The van der Waals surface area contributed by atoms with Gasteiger partial charge in [0, 0.05) is 23.2 Å². The summed E-state index contributed by atoms with van der Waals surface area (Å²) in [6, 6.07) is 6.64. The zero-order chi connectivity index (χ0) is 17.7. The third-order valence-corrected chi connectivity index (χ3v) is 4.25. The van der Waals surface area contributed by atoms with Crippen molar-refractivity contribution in [3.05, 3.63) is 57.8 Å². The van der Waals surface area contributed by atoms with Gasteiger partial charge in [0.25, 0.3) is 5.69 Å². The van der Waals surface area contributed by atoms with Gasteiger partial charge in [0.15, 0.2) is 0 Å². The number of aryl methyl sites for hydroxylation is 1. The monoisotopic (exact) mass is 357 g/mol. The molecule has 0 fully saturated rings. The first-order chi connectivity index (χ1) is 11.3. The number of nitrogens with two attached hydrogens (primary N) is 1. The van der Waals surface area contributed by atoms with Gasteiger partial charge in [-0.2, -0.15) is 13.2 Å². The molecule has 2 aromatic rings. The lowest BCUT2D eigenvalue weighted by molar-refractivity contribution is -0.385. The smallest absolute Gasteiger partial charge is 0.330 e. The van der Waals surface area contributed by atoms with E-state index in [1.165, 1.54) is 18.2 Å². The summed E-state index contributed by atoms with van der Waals surface area (Å²) in [7, 11) is 0. The molecule has 9 heteroatoms. The maximum absolute atomic E-state index is 12.5. The average Bonchev–Trinajstić information content (AvgIpc) is 2.53. The van der Waals surface area contributed by atoms with Crippen molar-refractivity contribution >= 4 is 17.4 Å². The first-order valence-corrected chi connectivity index (χ1v) is 7.81. The van der Waals surface area contributed by atoms with Gasteiger partial charge in [-0.3, -0.25) is 10.1 Å². The van der Waals surface area contributed by atoms with E-state index in [1.54, 1.807) is 6.07 Å². The third kappa shape index (κ3) is 4.68. The normalized spacial score (nSPS) is 11.5. The van der Waals surface area contributed by atoms with E-state index in [-0.39, 0.29) is 5.69 Å². The Morgan fingerprint density at radius 2 is 2.00 bits per heavy atom. The van der Waals surface area contributed by atoms with Gasteiger partial charge in [-0.25, -0.2) is 4.98 Å². The fraction of sp³-hybridized carbons (Fsp3) is 0.267. The van der Waals surface area contributed by atoms with Crippen molar-refractivity contribution in [3.8, 4) is 0 Å². The van der Waals surface area contributed by atoms with E-state index in [4.69, 9.17) is 5.73 Å². The largest absolute Gasteiger partial charge is 0.417 e. The van der Waals surface area contributed by atoms with Gasteiger partial charge in [0.1, 0.15) is 5.03 Å². The highest BCUT2D eigenvalue weighted by Crippen LogP contribution is 2.34. The summed E-state index contributed by atoms with van der Waals surface area (Å²) in [5, 5.41) is 11.3. The van der Waals surface area contributed by atoms with Crippen molar-refractivity contribution in [3.63, 3.8) is 0 Å². The van der Waals surface area contributed by atoms with Crippen LogP contribution in [0.1, 0.15) is 17.5 Å². The molecule has 0 aliphatic heterocycles. The van der Waals surface area contributed by atoms with Gasteiger partial charge in [-0.1, -0.05) is 11.8 Å². The Morgan fingerprint density at radius 3 is 2.54 bits per heavy atom. The number of aromatic nitrogens is 1. The molecule has 0 unspecified atom stereocenters. The lowest BCUT2D eigenvalue weighted by Crippen LogP contribution is -2.05. The van der Waals surface area contributed by atoms with Crippen molar-refractivity contribution in [1.82, 2.24) is 4.98 Å². The molecule has 0 aliphatic carbocycles. The van der Waals surface area contributed by atoms with Crippen LogP contribution in [-0.2, 0) is 12.6 Å². The van der Waals surface area contributed by atoms with E-state index in [0.29, 0.717) is 29.3 Å². The summed E-state index contributed by atoms with van der Waals surface area (Å²) in [5.41, 5.74) is 5.34. The van der Waals surface area contributed by atoms with Crippen LogP contribution >= 0.6 is 11.8 Å². The second-order valence-electron chi connectivity index (χ2n) is 4.93. The van der Waals surface area contributed by atoms with E-state index in [9.17, 15) is 23.3 Å². The van der Waals surface area contributed by atoms with E-state index in [0.717, 1.165) is 29.6 Å². The molecule has 0 spiro atoms. The molecular weight excluding hydrogens is 343 g/mol. The number of non-ortho nitro benzene ring substituents is 1. The number of halogens is 3. The SMILES string of the molecule is NCCCc1cc([N+](=O)[O-])ccc1Sc1ccc(C(F)(F)F)cn1. The van der Waals surface area contributed by atoms with E-state index in [2.05, 4.69) is 4.98 Å². The number of nitro benzene ring substituents is 1. The predicted octanol–water partition coefficient (Wildman–Crippen LogP) is 4.05. The first-order valence-electron chi connectivity index (χ1n) is 6.99. The number of alkyl halides is 3. The molecule has 2 rings (SSSR count). The number of rotatable bonds is 6. The Bertz CT molecular complexity index is 721. The molecule has 5 nitrogen and oxygen atoms in total. The summed E-state index contributed by atoms with van der Waals surface area (Å²) in [4.78, 5) is 14.9. The Labute approximate surface area is 140 Å². The molecular formula is C15H14F3N3O2S. The van der Waals surface area contributed by atoms with Crippen molar-refractivity contribution in [2.24, 2.45) is 5.73 Å². The quantitative estimate of drug-likeness (QED) is 0.623. The third-order valence-electron chi connectivity index (χ3n) is 3.18. The number of nitro groups is 1. The number of hydrogen-bond acceptors (Lipinski definition) is 5. The van der Waals surface area contributed by atoms with Crippen LogP contribution in [0.3, 0.4) is 0 Å². The minimum absolute atomic E-state index is 0.0354. The van der Waals surface area contributed by atoms with Crippen LogP contribution < -0.4 is 5.73 Å². The van der Waals surface area contributed by atoms with Gasteiger partial charge >= 0.3 is 6.18 Å². The fourth-order valence-electron chi connectivity index (χ4n) is 1.99. The highest BCUT2D eigenvalue weighted by molar-refractivity contribution is 7.99. The van der Waals surface area contributed by atoms with Crippen LogP contribution in [0.4, 0.5) is 18.9 Å². The van der Waals surface area contributed by atoms with Crippen LogP contribution in [0.2, 0.25) is 0 Å². The summed E-state index contributed by atoms with van der Waals surface area (Å²) in [5.74, 6) is 0. The molecule has 0 amide bonds. The minimum Gasteiger partial charge on any atom is -0.330 e. The molecule has 1 aromatic carbocycles. The van der Waals surface area contributed by atoms with Crippen LogP contribution in [0, 0.1) is 10.1 Å². The maximum atomic E-state index is 12.5. The molecule has 2 N–H and O–H groups in total. The van der Waals surface area contributed by atoms with E-state index < -0.39 is 16.7 Å². The number of hydrogen-bond donors (Lipinski definition) is 1. The van der Waals surface area contributed by atoms with Crippen LogP contribution in [0.5, 0.6) is 0 Å². The van der Waals surface area contributed by atoms with E-state index in [1.807, 2.05) is 0 Å². The van der Waals surface area contributed by atoms with Crippen molar-refractivity contribution in [2.75, 3.05) is 6.54 Å². The Kier molecular flexibility index (Phi) is 5.79. The second kappa shape index (κ2) is 7.63. The number of benzene rings is 1. The standard InChI is InChI=1S/C15H14F3N3O2S/c16-15(17,18)11-3-6-14(20-9-11)24-13-5-4-12(21(22)23)8-10(13)2-1-7-19/h3-6,8-9H,1-2,7,19H2. The van der Waals surface area contributed by atoms with Crippen molar-refractivity contribution in [1.29, 1.82) is 0 Å². The summed E-state index contributed by atoms with van der Waals surface area (Å²) < 4.78 is 37.6. The molecule has 0 aliphatic rings. The highest BCUT2D eigenvalue weighted by Gasteiger charge is 2.30. The number of nitrogens with zero attached hydrogens (tertiary/aromatic N) is 2. The topological polar surface area (TPSA) is 82.0 Å². The fourth-order valence-corrected chi connectivity index (χ4v) is 2.88. The summed E-state index contributed by atoms with van der Waals surface area (Å²) >= 11 is 1.16. The molecule has 1 heterocycles. The Hall–Kier alpha value is -2.13. The lowest BCUT2D eigenvalue weighted by Gasteiger charge is -2.10. The van der Waals surface area contributed by atoms with E-state index >= 15 is 0 Å². The van der Waals surface area contributed by atoms with Crippen LogP contribution in [0.15, 0.2) is 46.5 Å². The second-order valence-corrected chi connectivity index (χ2v) is 5.99. The van der Waals surface area contributed by atoms with Crippen molar-refractivity contribution in [2.45, 2.75) is 28.9 Å². The maximum Gasteiger partial charge on any atom is 0.417 e. The van der Waals surface area contributed by atoms with Gasteiger partial charge in [-0.15, -0.1) is 0 Å². The molecule has 24 heavy (non-hydrogen) atoms. The van der Waals surface area contributed by atoms with Gasteiger partial charge in [0.05, 0.1) is 10.5 Å². The summed E-state index contributed by atoms with van der Waals surface area (Å²) in [6.07, 6.45) is -2.47. The number of pyridine rings is 1. The van der Waals surface area contributed by atoms with Crippen molar-refractivity contribution < 1.29 is 18.1 Å². The van der Waals surface area contributed by atoms with Gasteiger partial charge in [-0.05, 0) is 43.1 Å². The zero-order valence-corrected chi connectivity index (χ0v) is 13.2. The molecule has 128 valence electrons. The zero-order valence-electron chi connectivity index (χ0n) is 12.4. The van der Waals surface area contributed by atoms with Crippen LogP contribution in [0.25, 0.3) is 0 Å². The molecule has 0 radical (unpaired) electrons. The Balaban J connectivity index is 2.26. The predicted molar refractivity (Wildman–Crippen MR) is 83.8 cm³/mol. The molecule has 0 bridgehead atoms. The molecule has 0 atom stereocenters.